The fraction of sp³-hybridized carbons (Fsp3) is 0. The summed E-state index contributed by atoms with van der Waals surface area (Å²) in [5.74, 6) is -0.349. The molecule has 0 radical (unpaired) electrons. The third-order valence-corrected chi connectivity index (χ3v) is 1.66. The first kappa shape index (κ1) is 6.23. The van der Waals surface area contributed by atoms with Gasteiger partial charge in [0.15, 0.2) is 0 Å². The molecule has 7 heteroatoms. The van der Waals surface area contributed by atoms with E-state index in [4.69, 9.17) is 0 Å². The SMILES string of the molecule is O=c1[nH]nc(-c2cnns2)o1. The van der Waals surface area contributed by atoms with Crippen LogP contribution in [0.15, 0.2) is 15.4 Å². The van der Waals surface area contributed by atoms with Gasteiger partial charge < -0.3 is 4.42 Å². The fourth-order valence-electron chi connectivity index (χ4n) is 0.597. The second kappa shape index (κ2) is 2.27. The average molecular weight is 170 g/mol. The zero-order valence-electron chi connectivity index (χ0n) is 5.14. The molecule has 0 aliphatic heterocycles. The Morgan fingerprint density at radius 3 is 3.09 bits per heavy atom. The molecule has 0 bridgehead atoms. The van der Waals surface area contributed by atoms with Crippen LogP contribution in [0.25, 0.3) is 10.8 Å². The van der Waals surface area contributed by atoms with Crippen molar-refractivity contribution in [1.29, 1.82) is 0 Å². The molecule has 11 heavy (non-hydrogen) atoms. The van der Waals surface area contributed by atoms with Crippen LogP contribution >= 0.6 is 11.5 Å². The van der Waals surface area contributed by atoms with Gasteiger partial charge in [-0.1, -0.05) is 4.49 Å². The van der Waals surface area contributed by atoms with Crippen LogP contribution in [0.3, 0.4) is 0 Å². The molecule has 0 saturated heterocycles. The van der Waals surface area contributed by atoms with Gasteiger partial charge in [0.25, 0.3) is 5.89 Å². The maximum Gasteiger partial charge on any atom is 0.434 e. The summed E-state index contributed by atoms with van der Waals surface area (Å²) in [6.07, 6.45) is 1.48. The van der Waals surface area contributed by atoms with E-state index in [0.29, 0.717) is 4.88 Å². The molecule has 0 amide bonds. The highest BCUT2D eigenvalue weighted by molar-refractivity contribution is 7.09. The van der Waals surface area contributed by atoms with Gasteiger partial charge in [0, 0.05) is 0 Å². The molecule has 2 rings (SSSR count). The molecule has 56 valence electrons. The van der Waals surface area contributed by atoms with Gasteiger partial charge in [-0.05, 0) is 11.5 Å². The first-order valence-corrected chi connectivity index (χ1v) is 3.47. The largest absolute Gasteiger partial charge is 0.434 e. The van der Waals surface area contributed by atoms with Gasteiger partial charge in [-0.3, -0.25) is 0 Å². The number of nitrogens with one attached hydrogen (secondary N) is 1. The van der Waals surface area contributed by atoms with Crippen molar-refractivity contribution in [2.75, 3.05) is 0 Å². The van der Waals surface area contributed by atoms with Crippen molar-refractivity contribution in [2.45, 2.75) is 0 Å². The lowest BCUT2D eigenvalue weighted by atomic mass is 10.6. The molecule has 2 aromatic heterocycles. The molecule has 2 heterocycles. The fourth-order valence-corrected chi connectivity index (χ4v) is 1.04. The van der Waals surface area contributed by atoms with Crippen molar-refractivity contribution in [1.82, 2.24) is 19.8 Å². The third-order valence-electron chi connectivity index (χ3n) is 1.01. The summed E-state index contributed by atoms with van der Waals surface area (Å²) >= 11 is 1.11. The van der Waals surface area contributed by atoms with Crippen LogP contribution in [0, 0.1) is 0 Å². The smallest absolute Gasteiger partial charge is 0.387 e. The average Bonchev–Trinajstić information content (AvgIpc) is 2.55. The lowest BCUT2D eigenvalue weighted by Crippen LogP contribution is -1.93. The van der Waals surface area contributed by atoms with Crippen LogP contribution in [-0.2, 0) is 0 Å². The quantitative estimate of drug-likeness (QED) is 0.645. The number of hydrogen-bond acceptors (Lipinski definition) is 6. The summed E-state index contributed by atoms with van der Waals surface area (Å²) < 4.78 is 8.22. The van der Waals surface area contributed by atoms with Crippen molar-refractivity contribution < 1.29 is 4.42 Å². The predicted octanol–water partition coefficient (Wildman–Crippen LogP) is -0.119. The zero-order valence-corrected chi connectivity index (χ0v) is 5.96. The van der Waals surface area contributed by atoms with E-state index >= 15 is 0 Å². The molecule has 0 aliphatic rings. The van der Waals surface area contributed by atoms with Gasteiger partial charge >= 0.3 is 5.76 Å². The minimum absolute atomic E-state index is 0.227. The van der Waals surface area contributed by atoms with Gasteiger partial charge in [-0.25, -0.2) is 9.89 Å². The molecular formula is C4H2N4O2S. The van der Waals surface area contributed by atoms with E-state index in [2.05, 4.69) is 24.2 Å². The van der Waals surface area contributed by atoms with Crippen molar-refractivity contribution >= 4 is 11.5 Å². The number of aromatic amines is 1. The second-order valence-electron chi connectivity index (χ2n) is 1.70. The molecule has 6 nitrogen and oxygen atoms in total. The first-order chi connectivity index (χ1) is 5.36. The Morgan fingerprint density at radius 2 is 2.55 bits per heavy atom. The van der Waals surface area contributed by atoms with Crippen LogP contribution < -0.4 is 5.76 Å². The van der Waals surface area contributed by atoms with E-state index in [0.717, 1.165) is 11.5 Å². The molecular weight excluding hydrogens is 168 g/mol. The highest BCUT2D eigenvalue weighted by Crippen LogP contribution is 2.15. The van der Waals surface area contributed by atoms with Crippen LogP contribution in [-0.4, -0.2) is 19.8 Å². The van der Waals surface area contributed by atoms with Gasteiger partial charge in [-0.2, -0.15) is 0 Å². The summed E-state index contributed by atoms with van der Waals surface area (Å²) in [4.78, 5) is 11.1. The number of nitrogens with zero attached hydrogens (tertiary/aromatic N) is 3. The summed E-state index contributed by atoms with van der Waals surface area (Å²) in [6, 6.07) is 0. The van der Waals surface area contributed by atoms with Gasteiger partial charge in [-0.15, -0.1) is 10.2 Å². The summed E-state index contributed by atoms with van der Waals surface area (Å²) in [5.41, 5.74) is 0. The van der Waals surface area contributed by atoms with Gasteiger partial charge in [0.1, 0.15) is 4.88 Å². The Bertz CT molecular complexity index is 388. The van der Waals surface area contributed by atoms with E-state index in [-0.39, 0.29) is 5.89 Å². The molecule has 2 aromatic rings. The maximum absolute atomic E-state index is 10.5. The van der Waals surface area contributed by atoms with Crippen LogP contribution in [0.1, 0.15) is 0 Å². The van der Waals surface area contributed by atoms with E-state index in [1.807, 2.05) is 0 Å². The van der Waals surface area contributed by atoms with E-state index < -0.39 is 5.76 Å². The minimum Gasteiger partial charge on any atom is -0.387 e. The molecule has 0 unspecified atom stereocenters. The summed E-state index contributed by atoms with van der Waals surface area (Å²) in [5, 5.41) is 9.28. The third kappa shape index (κ3) is 1.05. The normalized spacial score (nSPS) is 10.2. The van der Waals surface area contributed by atoms with Crippen LogP contribution in [0.2, 0.25) is 0 Å². The Morgan fingerprint density at radius 1 is 1.64 bits per heavy atom. The monoisotopic (exact) mass is 170 g/mol. The highest BCUT2D eigenvalue weighted by atomic mass is 32.1. The standard InChI is InChI=1S/C4H2N4O2S/c9-4-7-6-3(10-4)2-1-5-8-11-2/h1H,(H,7,9). The minimum atomic E-state index is -0.576. The molecule has 0 fully saturated rings. The van der Waals surface area contributed by atoms with Gasteiger partial charge in [0.05, 0.1) is 6.20 Å². The van der Waals surface area contributed by atoms with Gasteiger partial charge in [0.2, 0.25) is 0 Å². The topological polar surface area (TPSA) is 84.7 Å². The molecule has 0 spiro atoms. The van der Waals surface area contributed by atoms with E-state index in [9.17, 15) is 4.79 Å². The van der Waals surface area contributed by atoms with Crippen molar-refractivity contribution in [3.05, 3.63) is 16.7 Å². The molecule has 1 N–H and O–H groups in total. The summed E-state index contributed by atoms with van der Waals surface area (Å²) in [7, 11) is 0. The van der Waals surface area contributed by atoms with Crippen LogP contribution in [0.4, 0.5) is 0 Å². The Balaban J connectivity index is 2.53. The lowest BCUT2D eigenvalue weighted by Gasteiger charge is -1.77. The molecule has 0 atom stereocenters. The lowest BCUT2D eigenvalue weighted by molar-refractivity contribution is 0.528. The van der Waals surface area contributed by atoms with Crippen molar-refractivity contribution in [3.63, 3.8) is 0 Å². The van der Waals surface area contributed by atoms with E-state index in [1.165, 1.54) is 6.20 Å². The highest BCUT2D eigenvalue weighted by Gasteiger charge is 2.06. The predicted molar refractivity (Wildman–Crippen MR) is 36.0 cm³/mol. The zero-order chi connectivity index (χ0) is 7.68. The van der Waals surface area contributed by atoms with Crippen LogP contribution in [0.5, 0.6) is 0 Å². The Hall–Kier alpha value is -1.50. The molecule has 0 aliphatic carbocycles. The Labute approximate surface area is 64.0 Å². The first-order valence-electron chi connectivity index (χ1n) is 2.69. The summed E-state index contributed by atoms with van der Waals surface area (Å²) in [6.45, 7) is 0. The molecule has 0 saturated carbocycles. The number of hydrogen-bond donors (Lipinski definition) is 1. The van der Waals surface area contributed by atoms with Crippen molar-refractivity contribution in [2.24, 2.45) is 0 Å². The maximum atomic E-state index is 10.5. The molecule has 0 aromatic carbocycles. The number of H-pyrrole nitrogens is 1. The number of aromatic nitrogens is 4. The van der Waals surface area contributed by atoms with E-state index in [1.54, 1.807) is 0 Å². The Kier molecular flexibility index (Phi) is 1.29. The van der Waals surface area contributed by atoms with Crippen molar-refractivity contribution in [3.8, 4) is 10.8 Å². The second-order valence-corrected chi connectivity index (χ2v) is 2.49. The number of rotatable bonds is 1.